The minimum atomic E-state index is -0.495. The summed E-state index contributed by atoms with van der Waals surface area (Å²) in [6.45, 7) is 0.657. The lowest BCUT2D eigenvalue weighted by atomic mass is 9.90. The molecule has 2 saturated carbocycles. The van der Waals surface area contributed by atoms with Crippen LogP contribution in [-0.4, -0.2) is 11.6 Å². The van der Waals surface area contributed by atoms with E-state index in [2.05, 4.69) is 4.98 Å². The highest BCUT2D eigenvalue weighted by molar-refractivity contribution is 5.17. The second kappa shape index (κ2) is 4.04. The molecule has 0 aliphatic heterocycles. The van der Waals surface area contributed by atoms with Crippen molar-refractivity contribution in [3.8, 4) is 5.75 Å². The van der Waals surface area contributed by atoms with Crippen LogP contribution in [0, 0.1) is 23.7 Å². The Balaban J connectivity index is 1.59. The number of rotatable bonds is 3. The molecule has 16 heavy (non-hydrogen) atoms. The Hall–Kier alpha value is -1.12. The largest absolute Gasteiger partial charge is 0.488 e. The van der Waals surface area contributed by atoms with Crippen LogP contribution in [0.1, 0.15) is 25.7 Å². The molecule has 1 heterocycles. The molecule has 0 N–H and O–H groups in total. The summed E-state index contributed by atoms with van der Waals surface area (Å²) >= 11 is 0. The maximum atomic E-state index is 13.2. The van der Waals surface area contributed by atoms with Gasteiger partial charge in [-0.25, -0.2) is 4.98 Å². The highest BCUT2D eigenvalue weighted by atomic mass is 19.1. The normalized spacial score (nSPS) is 31.9. The molecule has 2 bridgehead atoms. The van der Waals surface area contributed by atoms with Crippen LogP contribution in [0.5, 0.6) is 5.75 Å². The number of ether oxygens (including phenoxy) is 1. The summed E-state index contributed by atoms with van der Waals surface area (Å²) in [5.74, 6) is 2.18. The third kappa shape index (κ3) is 1.79. The van der Waals surface area contributed by atoms with Gasteiger partial charge in [0.05, 0.1) is 6.61 Å². The monoisotopic (exact) mass is 221 g/mol. The van der Waals surface area contributed by atoms with Gasteiger partial charge in [-0.1, -0.05) is 6.42 Å². The van der Waals surface area contributed by atoms with Gasteiger partial charge in [-0.15, -0.1) is 0 Å². The van der Waals surface area contributed by atoms with E-state index in [1.165, 1.54) is 31.9 Å². The molecular formula is C13H16FNO. The molecular weight excluding hydrogens is 205 g/mol. The van der Waals surface area contributed by atoms with Crippen molar-refractivity contribution in [1.82, 2.24) is 4.98 Å². The van der Waals surface area contributed by atoms with Crippen molar-refractivity contribution in [3.05, 3.63) is 24.3 Å². The van der Waals surface area contributed by atoms with Gasteiger partial charge in [0.2, 0.25) is 0 Å². The molecule has 2 aliphatic rings. The van der Waals surface area contributed by atoms with Gasteiger partial charge in [0.1, 0.15) is 0 Å². The van der Waals surface area contributed by atoms with Gasteiger partial charge in [-0.2, -0.15) is 4.39 Å². The van der Waals surface area contributed by atoms with Crippen LogP contribution in [0.2, 0.25) is 0 Å². The SMILES string of the molecule is Fc1ncccc1OCC1CC2CCC1C2. The van der Waals surface area contributed by atoms with Gasteiger partial charge < -0.3 is 4.74 Å². The molecule has 3 atom stereocenters. The van der Waals surface area contributed by atoms with Crippen molar-refractivity contribution in [3.63, 3.8) is 0 Å². The third-order valence-electron chi connectivity index (χ3n) is 4.06. The van der Waals surface area contributed by atoms with E-state index in [0.717, 1.165) is 11.8 Å². The second-order valence-corrected chi connectivity index (χ2v) is 5.04. The van der Waals surface area contributed by atoms with E-state index >= 15 is 0 Å². The van der Waals surface area contributed by atoms with E-state index in [9.17, 15) is 4.39 Å². The first-order valence-corrected chi connectivity index (χ1v) is 6.06. The summed E-state index contributed by atoms with van der Waals surface area (Å²) < 4.78 is 18.8. The summed E-state index contributed by atoms with van der Waals surface area (Å²) in [7, 11) is 0. The van der Waals surface area contributed by atoms with Gasteiger partial charge in [0.25, 0.3) is 5.95 Å². The Kier molecular flexibility index (Phi) is 2.54. The number of halogens is 1. The maximum Gasteiger partial charge on any atom is 0.255 e. The van der Waals surface area contributed by atoms with Crippen molar-refractivity contribution < 1.29 is 9.13 Å². The van der Waals surface area contributed by atoms with E-state index in [1.54, 1.807) is 12.1 Å². The maximum absolute atomic E-state index is 13.2. The van der Waals surface area contributed by atoms with Crippen LogP contribution in [-0.2, 0) is 0 Å². The molecule has 86 valence electrons. The van der Waals surface area contributed by atoms with Gasteiger partial charge >= 0.3 is 0 Å². The van der Waals surface area contributed by atoms with Crippen molar-refractivity contribution in [1.29, 1.82) is 0 Å². The lowest BCUT2D eigenvalue weighted by Crippen LogP contribution is -2.18. The highest BCUT2D eigenvalue weighted by Crippen LogP contribution is 2.48. The Bertz CT molecular complexity index is 382. The molecule has 2 fully saturated rings. The summed E-state index contributed by atoms with van der Waals surface area (Å²) in [6.07, 6.45) is 6.81. The summed E-state index contributed by atoms with van der Waals surface area (Å²) in [5, 5.41) is 0. The first-order chi connectivity index (χ1) is 7.83. The van der Waals surface area contributed by atoms with Crippen LogP contribution < -0.4 is 4.74 Å². The number of hydrogen-bond donors (Lipinski definition) is 0. The third-order valence-corrected chi connectivity index (χ3v) is 4.06. The van der Waals surface area contributed by atoms with E-state index in [0.29, 0.717) is 18.3 Å². The molecule has 2 nitrogen and oxygen atoms in total. The van der Waals surface area contributed by atoms with Crippen LogP contribution >= 0.6 is 0 Å². The Morgan fingerprint density at radius 1 is 1.38 bits per heavy atom. The zero-order valence-corrected chi connectivity index (χ0v) is 9.23. The highest BCUT2D eigenvalue weighted by Gasteiger charge is 2.39. The van der Waals surface area contributed by atoms with Crippen LogP contribution in [0.15, 0.2) is 18.3 Å². The minimum Gasteiger partial charge on any atom is -0.488 e. The van der Waals surface area contributed by atoms with Crippen LogP contribution in [0.4, 0.5) is 4.39 Å². The van der Waals surface area contributed by atoms with Gasteiger partial charge in [-0.3, -0.25) is 0 Å². The zero-order chi connectivity index (χ0) is 11.0. The van der Waals surface area contributed by atoms with Gasteiger partial charge in [-0.05, 0) is 49.1 Å². The van der Waals surface area contributed by atoms with E-state index in [1.807, 2.05) is 0 Å². The van der Waals surface area contributed by atoms with E-state index < -0.39 is 5.95 Å². The average molecular weight is 221 g/mol. The molecule has 0 aromatic carbocycles. The van der Waals surface area contributed by atoms with Crippen molar-refractivity contribution >= 4 is 0 Å². The molecule has 3 rings (SSSR count). The molecule has 0 radical (unpaired) electrons. The summed E-state index contributed by atoms with van der Waals surface area (Å²) in [5.41, 5.74) is 0. The molecule has 0 saturated heterocycles. The van der Waals surface area contributed by atoms with Crippen LogP contribution in [0.3, 0.4) is 0 Å². The molecule has 1 aromatic rings. The number of fused-ring (bicyclic) bond motifs is 2. The fourth-order valence-corrected chi connectivity index (χ4v) is 3.26. The van der Waals surface area contributed by atoms with Crippen LogP contribution in [0.25, 0.3) is 0 Å². The van der Waals surface area contributed by atoms with E-state index in [4.69, 9.17) is 4.74 Å². The Morgan fingerprint density at radius 3 is 3.00 bits per heavy atom. The summed E-state index contributed by atoms with van der Waals surface area (Å²) in [4.78, 5) is 3.58. The average Bonchev–Trinajstić information content (AvgIpc) is 2.90. The zero-order valence-electron chi connectivity index (χ0n) is 9.23. The molecule has 0 amide bonds. The Morgan fingerprint density at radius 2 is 2.31 bits per heavy atom. The fourth-order valence-electron chi connectivity index (χ4n) is 3.26. The van der Waals surface area contributed by atoms with Crippen molar-refractivity contribution in [2.75, 3.05) is 6.61 Å². The number of nitrogens with zero attached hydrogens (tertiary/aromatic N) is 1. The topological polar surface area (TPSA) is 22.1 Å². The predicted octanol–water partition coefficient (Wildman–Crippen LogP) is 3.04. The molecule has 1 aromatic heterocycles. The van der Waals surface area contributed by atoms with Gasteiger partial charge in [0, 0.05) is 6.20 Å². The predicted molar refractivity (Wildman–Crippen MR) is 58.6 cm³/mol. The second-order valence-electron chi connectivity index (χ2n) is 5.04. The quantitative estimate of drug-likeness (QED) is 0.732. The molecule has 3 unspecified atom stereocenters. The number of aromatic nitrogens is 1. The number of hydrogen-bond acceptors (Lipinski definition) is 2. The van der Waals surface area contributed by atoms with E-state index in [-0.39, 0.29) is 0 Å². The molecule has 2 aliphatic carbocycles. The standard InChI is InChI=1S/C13H16FNO/c14-13-12(2-1-5-15-13)16-8-11-7-9-3-4-10(11)6-9/h1-2,5,9-11H,3-4,6-8H2. The minimum absolute atomic E-state index is 0.297. The number of pyridine rings is 1. The lowest BCUT2D eigenvalue weighted by Gasteiger charge is -2.21. The first-order valence-electron chi connectivity index (χ1n) is 6.06. The molecule has 0 spiro atoms. The van der Waals surface area contributed by atoms with Gasteiger partial charge in [0.15, 0.2) is 5.75 Å². The summed E-state index contributed by atoms with van der Waals surface area (Å²) in [6, 6.07) is 3.36. The first kappa shape index (κ1) is 10.1. The van der Waals surface area contributed by atoms with Crippen molar-refractivity contribution in [2.45, 2.75) is 25.7 Å². The fraction of sp³-hybridized carbons (Fsp3) is 0.615. The lowest BCUT2D eigenvalue weighted by molar-refractivity contribution is 0.188. The molecule has 3 heteroatoms. The van der Waals surface area contributed by atoms with Crippen molar-refractivity contribution in [2.24, 2.45) is 17.8 Å². The smallest absolute Gasteiger partial charge is 0.255 e. The Labute approximate surface area is 94.8 Å².